The summed E-state index contributed by atoms with van der Waals surface area (Å²) in [6.45, 7) is 0. The predicted molar refractivity (Wildman–Crippen MR) is 58.7 cm³/mol. The van der Waals surface area contributed by atoms with Crippen LogP contribution < -0.4 is 0 Å². The Morgan fingerprint density at radius 1 is 1.40 bits per heavy atom. The van der Waals surface area contributed by atoms with E-state index in [1.165, 1.54) is 6.20 Å². The van der Waals surface area contributed by atoms with Gasteiger partial charge < -0.3 is 5.11 Å². The van der Waals surface area contributed by atoms with Crippen molar-refractivity contribution in [2.45, 2.75) is 0 Å². The van der Waals surface area contributed by atoms with Gasteiger partial charge in [-0.3, -0.25) is 5.10 Å². The molecule has 0 amide bonds. The molecule has 0 saturated heterocycles. The van der Waals surface area contributed by atoms with E-state index in [1.807, 2.05) is 24.3 Å². The van der Waals surface area contributed by atoms with Crippen LogP contribution in [0.25, 0.3) is 11.3 Å². The quantitative estimate of drug-likeness (QED) is 0.878. The van der Waals surface area contributed by atoms with Crippen LogP contribution in [0.3, 0.4) is 0 Å². The van der Waals surface area contributed by atoms with Crippen LogP contribution in [0.5, 0.6) is 0 Å². The third-order valence-electron chi connectivity index (χ3n) is 2.01. The second kappa shape index (κ2) is 3.86. The minimum absolute atomic E-state index is 0.168. The SMILES string of the molecule is O=C(O)c1cn[nH]c1-c1ccccc1Br. The Labute approximate surface area is 94.1 Å². The van der Waals surface area contributed by atoms with Crippen LogP contribution in [0.2, 0.25) is 0 Å². The summed E-state index contributed by atoms with van der Waals surface area (Å²) < 4.78 is 0.830. The number of benzene rings is 1. The molecule has 0 fully saturated rings. The molecule has 0 unspecified atom stereocenters. The second-order valence-corrected chi connectivity index (χ2v) is 3.80. The van der Waals surface area contributed by atoms with Crippen LogP contribution in [0.4, 0.5) is 0 Å². The molecule has 0 bridgehead atoms. The topological polar surface area (TPSA) is 66.0 Å². The highest BCUT2D eigenvalue weighted by atomic mass is 79.9. The summed E-state index contributed by atoms with van der Waals surface area (Å²) in [6, 6.07) is 7.38. The van der Waals surface area contributed by atoms with Crippen molar-refractivity contribution in [2.75, 3.05) is 0 Å². The van der Waals surface area contributed by atoms with E-state index in [0.717, 1.165) is 10.0 Å². The number of H-pyrrole nitrogens is 1. The van der Waals surface area contributed by atoms with E-state index in [0.29, 0.717) is 5.69 Å². The first-order chi connectivity index (χ1) is 7.20. The lowest BCUT2D eigenvalue weighted by Crippen LogP contribution is -1.96. The molecule has 0 aliphatic heterocycles. The maximum atomic E-state index is 10.9. The van der Waals surface area contributed by atoms with E-state index in [1.54, 1.807) is 0 Å². The van der Waals surface area contributed by atoms with E-state index in [-0.39, 0.29) is 5.56 Å². The number of halogens is 1. The molecule has 2 rings (SSSR count). The van der Waals surface area contributed by atoms with Crippen molar-refractivity contribution in [3.63, 3.8) is 0 Å². The van der Waals surface area contributed by atoms with Gasteiger partial charge in [0, 0.05) is 10.0 Å². The minimum atomic E-state index is -0.991. The Morgan fingerprint density at radius 2 is 2.13 bits per heavy atom. The lowest BCUT2D eigenvalue weighted by molar-refractivity contribution is 0.0698. The number of carbonyl (C=O) groups is 1. The Kier molecular flexibility index (Phi) is 2.55. The zero-order valence-corrected chi connectivity index (χ0v) is 9.15. The van der Waals surface area contributed by atoms with Crippen LogP contribution in [-0.4, -0.2) is 21.3 Å². The van der Waals surface area contributed by atoms with Gasteiger partial charge in [-0.05, 0) is 6.07 Å². The standard InChI is InChI=1S/C10H7BrN2O2/c11-8-4-2-1-3-6(8)9-7(10(14)15)5-12-13-9/h1-5H,(H,12,13)(H,14,15). The highest BCUT2D eigenvalue weighted by Gasteiger charge is 2.15. The van der Waals surface area contributed by atoms with Crippen molar-refractivity contribution in [3.8, 4) is 11.3 Å². The van der Waals surface area contributed by atoms with Gasteiger partial charge in [-0.25, -0.2) is 4.79 Å². The van der Waals surface area contributed by atoms with Gasteiger partial charge in [0.2, 0.25) is 0 Å². The molecule has 0 saturated carbocycles. The Bertz CT molecular complexity index is 508. The predicted octanol–water partition coefficient (Wildman–Crippen LogP) is 2.54. The molecule has 4 nitrogen and oxygen atoms in total. The maximum absolute atomic E-state index is 10.9. The van der Waals surface area contributed by atoms with Gasteiger partial charge in [0.05, 0.1) is 11.9 Å². The lowest BCUT2D eigenvalue weighted by Gasteiger charge is -2.02. The van der Waals surface area contributed by atoms with E-state index < -0.39 is 5.97 Å². The van der Waals surface area contributed by atoms with E-state index in [2.05, 4.69) is 26.1 Å². The number of nitrogens with one attached hydrogen (secondary N) is 1. The molecule has 76 valence electrons. The number of aromatic amines is 1. The molecule has 0 aliphatic carbocycles. The molecular formula is C10H7BrN2O2. The first-order valence-corrected chi connectivity index (χ1v) is 5.01. The van der Waals surface area contributed by atoms with Crippen molar-refractivity contribution < 1.29 is 9.90 Å². The van der Waals surface area contributed by atoms with Gasteiger partial charge in [-0.15, -0.1) is 0 Å². The lowest BCUT2D eigenvalue weighted by atomic mass is 10.1. The van der Waals surface area contributed by atoms with Crippen LogP contribution in [0.1, 0.15) is 10.4 Å². The van der Waals surface area contributed by atoms with E-state index in [4.69, 9.17) is 5.11 Å². The number of carboxylic acids is 1. The minimum Gasteiger partial charge on any atom is -0.478 e. The molecule has 2 aromatic rings. The molecule has 15 heavy (non-hydrogen) atoms. The Morgan fingerprint density at radius 3 is 2.80 bits per heavy atom. The number of rotatable bonds is 2. The summed E-state index contributed by atoms with van der Waals surface area (Å²) >= 11 is 3.36. The fraction of sp³-hybridized carbons (Fsp3) is 0. The summed E-state index contributed by atoms with van der Waals surface area (Å²) in [6.07, 6.45) is 1.30. The van der Waals surface area contributed by atoms with Gasteiger partial charge >= 0.3 is 5.97 Å². The third kappa shape index (κ3) is 1.78. The fourth-order valence-electron chi connectivity index (χ4n) is 1.32. The summed E-state index contributed by atoms with van der Waals surface area (Å²) in [5.41, 5.74) is 1.46. The van der Waals surface area contributed by atoms with Gasteiger partial charge in [-0.1, -0.05) is 34.1 Å². The first kappa shape index (κ1) is 9.92. The smallest absolute Gasteiger partial charge is 0.339 e. The molecular weight excluding hydrogens is 260 g/mol. The van der Waals surface area contributed by atoms with Crippen molar-refractivity contribution in [3.05, 3.63) is 40.5 Å². The van der Waals surface area contributed by atoms with Crippen LogP contribution in [0.15, 0.2) is 34.9 Å². The molecule has 0 spiro atoms. The van der Waals surface area contributed by atoms with Gasteiger partial charge in [-0.2, -0.15) is 5.10 Å². The van der Waals surface area contributed by atoms with Gasteiger partial charge in [0.15, 0.2) is 0 Å². The number of nitrogens with zero attached hydrogens (tertiary/aromatic N) is 1. The summed E-state index contributed by atoms with van der Waals surface area (Å²) in [5.74, 6) is -0.991. The molecule has 0 radical (unpaired) electrons. The zero-order chi connectivity index (χ0) is 10.8. The molecule has 1 aromatic heterocycles. The Hall–Kier alpha value is -1.62. The molecule has 0 atom stereocenters. The number of hydrogen-bond acceptors (Lipinski definition) is 2. The van der Waals surface area contributed by atoms with Gasteiger partial charge in [0.25, 0.3) is 0 Å². The largest absolute Gasteiger partial charge is 0.478 e. The summed E-state index contributed by atoms with van der Waals surface area (Å²) in [7, 11) is 0. The van der Waals surface area contributed by atoms with Crippen molar-refractivity contribution in [1.29, 1.82) is 0 Å². The monoisotopic (exact) mass is 266 g/mol. The second-order valence-electron chi connectivity index (χ2n) is 2.94. The van der Waals surface area contributed by atoms with E-state index in [9.17, 15) is 4.79 Å². The maximum Gasteiger partial charge on any atom is 0.339 e. The highest BCUT2D eigenvalue weighted by Crippen LogP contribution is 2.28. The van der Waals surface area contributed by atoms with Crippen molar-refractivity contribution >= 4 is 21.9 Å². The Balaban J connectivity index is 2.59. The number of hydrogen-bond donors (Lipinski definition) is 2. The number of aromatic nitrogens is 2. The van der Waals surface area contributed by atoms with Gasteiger partial charge in [0.1, 0.15) is 5.56 Å². The summed E-state index contributed by atoms with van der Waals surface area (Å²) in [5, 5.41) is 15.3. The van der Waals surface area contributed by atoms with Crippen LogP contribution in [0, 0.1) is 0 Å². The molecule has 0 aliphatic rings. The summed E-state index contributed by atoms with van der Waals surface area (Å²) in [4.78, 5) is 10.9. The average molecular weight is 267 g/mol. The zero-order valence-electron chi connectivity index (χ0n) is 7.57. The van der Waals surface area contributed by atoms with Crippen LogP contribution in [-0.2, 0) is 0 Å². The molecule has 1 heterocycles. The highest BCUT2D eigenvalue weighted by molar-refractivity contribution is 9.10. The molecule has 5 heteroatoms. The third-order valence-corrected chi connectivity index (χ3v) is 2.70. The molecule has 1 aromatic carbocycles. The van der Waals surface area contributed by atoms with E-state index >= 15 is 0 Å². The van der Waals surface area contributed by atoms with Crippen LogP contribution >= 0.6 is 15.9 Å². The van der Waals surface area contributed by atoms with Crippen molar-refractivity contribution in [2.24, 2.45) is 0 Å². The first-order valence-electron chi connectivity index (χ1n) is 4.21. The average Bonchev–Trinajstić information content (AvgIpc) is 2.67. The fourth-order valence-corrected chi connectivity index (χ4v) is 1.80. The number of aromatic carboxylic acids is 1. The normalized spacial score (nSPS) is 10.2. The van der Waals surface area contributed by atoms with Crippen molar-refractivity contribution in [1.82, 2.24) is 10.2 Å². The number of carboxylic acid groups (broad SMARTS) is 1. The molecule has 2 N–H and O–H groups in total.